The van der Waals surface area contributed by atoms with E-state index >= 15 is 0 Å². The van der Waals surface area contributed by atoms with Crippen LogP contribution in [0.3, 0.4) is 0 Å². The lowest BCUT2D eigenvalue weighted by Gasteiger charge is -2.16. The summed E-state index contributed by atoms with van der Waals surface area (Å²) in [6, 6.07) is 15.0. The minimum atomic E-state index is -0.789. The third kappa shape index (κ3) is 5.96. The van der Waals surface area contributed by atoms with Gasteiger partial charge in [0.15, 0.2) is 0 Å². The number of carbonyl (C=O) groups is 1. The van der Waals surface area contributed by atoms with Crippen molar-refractivity contribution in [2.24, 2.45) is 5.41 Å². The molecule has 0 aromatic heterocycles. The number of fused-ring (bicyclic) bond motifs is 1. The van der Waals surface area contributed by atoms with Crippen LogP contribution in [0.15, 0.2) is 54.6 Å². The SMILES string of the molecule is C[C@@H](NC/C=C/C#CC(C)(C)C(=O)NCCO)c1cccc2ccccc12. The summed E-state index contributed by atoms with van der Waals surface area (Å²) in [4.78, 5) is 11.9. The number of hydrogen-bond donors (Lipinski definition) is 3. The van der Waals surface area contributed by atoms with Gasteiger partial charge in [0.25, 0.3) is 0 Å². The molecule has 0 saturated heterocycles. The molecule has 0 aliphatic carbocycles. The maximum atomic E-state index is 11.9. The Kier molecular flexibility index (Phi) is 7.60. The van der Waals surface area contributed by atoms with Crippen molar-refractivity contribution in [2.45, 2.75) is 26.8 Å². The van der Waals surface area contributed by atoms with Gasteiger partial charge < -0.3 is 15.7 Å². The van der Waals surface area contributed by atoms with Crippen LogP contribution in [0.2, 0.25) is 0 Å². The fraction of sp³-hybridized carbons (Fsp3) is 0.348. The van der Waals surface area contributed by atoms with Crippen LogP contribution >= 0.6 is 0 Å². The summed E-state index contributed by atoms with van der Waals surface area (Å²) in [6.07, 6.45) is 3.72. The van der Waals surface area contributed by atoms with E-state index in [9.17, 15) is 4.79 Å². The molecule has 0 spiro atoms. The molecular formula is C23H28N2O2. The van der Waals surface area contributed by atoms with Crippen molar-refractivity contribution >= 4 is 16.7 Å². The molecule has 4 nitrogen and oxygen atoms in total. The molecular weight excluding hydrogens is 336 g/mol. The van der Waals surface area contributed by atoms with Crippen molar-refractivity contribution in [3.63, 3.8) is 0 Å². The highest BCUT2D eigenvalue weighted by Crippen LogP contribution is 2.23. The first-order chi connectivity index (χ1) is 13.0. The highest BCUT2D eigenvalue weighted by atomic mass is 16.3. The molecule has 0 heterocycles. The van der Waals surface area contributed by atoms with E-state index in [1.54, 1.807) is 19.9 Å². The van der Waals surface area contributed by atoms with E-state index in [1.165, 1.54) is 16.3 Å². The Morgan fingerprint density at radius 1 is 1.22 bits per heavy atom. The van der Waals surface area contributed by atoms with Gasteiger partial charge in [-0.25, -0.2) is 0 Å². The molecule has 0 aliphatic rings. The summed E-state index contributed by atoms with van der Waals surface area (Å²) in [5.74, 6) is 5.71. The molecule has 0 bridgehead atoms. The average molecular weight is 364 g/mol. The molecule has 1 amide bonds. The number of benzene rings is 2. The molecule has 4 heteroatoms. The maximum Gasteiger partial charge on any atom is 0.237 e. The van der Waals surface area contributed by atoms with Crippen molar-refractivity contribution in [3.8, 4) is 11.8 Å². The first-order valence-electron chi connectivity index (χ1n) is 9.23. The Labute approximate surface area is 161 Å². The molecule has 2 rings (SSSR count). The Bertz CT molecular complexity index is 854. The maximum absolute atomic E-state index is 11.9. The van der Waals surface area contributed by atoms with Crippen LogP contribution < -0.4 is 10.6 Å². The van der Waals surface area contributed by atoms with Gasteiger partial charge in [-0.15, -0.1) is 0 Å². The number of carbonyl (C=O) groups excluding carboxylic acids is 1. The number of amides is 1. The molecule has 2 aromatic carbocycles. The van der Waals surface area contributed by atoms with Crippen LogP contribution in [-0.4, -0.2) is 30.7 Å². The van der Waals surface area contributed by atoms with E-state index in [4.69, 9.17) is 5.11 Å². The molecule has 0 fully saturated rings. The van der Waals surface area contributed by atoms with E-state index in [2.05, 4.69) is 71.9 Å². The van der Waals surface area contributed by atoms with Crippen molar-refractivity contribution in [1.82, 2.24) is 10.6 Å². The summed E-state index contributed by atoms with van der Waals surface area (Å²) >= 11 is 0. The molecule has 2 aromatic rings. The summed E-state index contributed by atoms with van der Waals surface area (Å²) < 4.78 is 0. The predicted molar refractivity (Wildman–Crippen MR) is 111 cm³/mol. The quantitative estimate of drug-likeness (QED) is 0.661. The fourth-order valence-electron chi connectivity index (χ4n) is 2.77. The molecule has 3 N–H and O–H groups in total. The van der Waals surface area contributed by atoms with Crippen LogP contribution in [0.25, 0.3) is 10.8 Å². The number of allylic oxidation sites excluding steroid dienone is 1. The standard InChI is InChI=1S/C23H28N2O2/c1-18(20-13-9-11-19-10-5-6-12-21(19)20)24-15-8-4-7-14-23(2,3)22(27)25-16-17-26/h4-6,8-13,18,24,26H,15-17H2,1-3H3,(H,25,27)/b8-4+/t18-/m1/s1. The zero-order valence-electron chi connectivity index (χ0n) is 16.3. The van der Waals surface area contributed by atoms with Gasteiger partial charge in [0.2, 0.25) is 5.91 Å². The van der Waals surface area contributed by atoms with Gasteiger partial charge in [0, 0.05) is 19.1 Å². The highest BCUT2D eigenvalue weighted by Gasteiger charge is 2.24. The van der Waals surface area contributed by atoms with E-state index < -0.39 is 5.41 Å². The van der Waals surface area contributed by atoms with Crippen LogP contribution in [0.5, 0.6) is 0 Å². The molecule has 142 valence electrons. The Hall–Kier alpha value is -2.61. The first-order valence-corrected chi connectivity index (χ1v) is 9.23. The van der Waals surface area contributed by atoms with Gasteiger partial charge in [-0.3, -0.25) is 4.79 Å². The van der Waals surface area contributed by atoms with Crippen molar-refractivity contribution in [2.75, 3.05) is 19.7 Å². The molecule has 0 aliphatic heterocycles. The van der Waals surface area contributed by atoms with Gasteiger partial charge in [-0.05, 0) is 43.2 Å². The second-order valence-corrected chi connectivity index (χ2v) is 6.97. The van der Waals surface area contributed by atoms with Gasteiger partial charge in [0.1, 0.15) is 5.41 Å². The number of aliphatic hydroxyl groups is 1. The van der Waals surface area contributed by atoms with Crippen molar-refractivity contribution < 1.29 is 9.90 Å². The zero-order chi connectivity index (χ0) is 19.7. The Balaban J connectivity index is 1.90. The second-order valence-electron chi connectivity index (χ2n) is 6.97. The lowest BCUT2D eigenvalue weighted by Crippen LogP contribution is -2.37. The number of rotatable bonds is 7. The van der Waals surface area contributed by atoms with E-state index in [-0.39, 0.29) is 25.1 Å². The molecule has 1 atom stereocenters. The topological polar surface area (TPSA) is 61.4 Å². The predicted octanol–water partition coefficient (Wildman–Crippen LogP) is 3.18. The van der Waals surface area contributed by atoms with Crippen molar-refractivity contribution in [3.05, 3.63) is 60.2 Å². The normalized spacial score (nSPS) is 12.6. The van der Waals surface area contributed by atoms with E-state index in [0.717, 1.165) is 0 Å². The lowest BCUT2D eigenvalue weighted by molar-refractivity contribution is -0.126. The van der Waals surface area contributed by atoms with Gasteiger partial charge >= 0.3 is 0 Å². The first kappa shape index (κ1) is 20.7. The lowest BCUT2D eigenvalue weighted by atomic mass is 9.93. The van der Waals surface area contributed by atoms with Crippen LogP contribution in [0, 0.1) is 17.3 Å². The third-order valence-electron chi connectivity index (χ3n) is 4.38. The molecule has 0 unspecified atom stereocenters. The van der Waals surface area contributed by atoms with Crippen LogP contribution in [0.1, 0.15) is 32.4 Å². The van der Waals surface area contributed by atoms with Gasteiger partial charge in [0.05, 0.1) is 6.61 Å². The minimum absolute atomic E-state index is 0.0737. The fourth-order valence-corrected chi connectivity index (χ4v) is 2.77. The number of aliphatic hydroxyl groups excluding tert-OH is 1. The van der Waals surface area contributed by atoms with Gasteiger partial charge in [-0.2, -0.15) is 0 Å². The number of hydrogen-bond acceptors (Lipinski definition) is 3. The molecule has 0 saturated carbocycles. The summed E-state index contributed by atoms with van der Waals surface area (Å²) in [5, 5.41) is 17.4. The second kappa shape index (κ2) is 9.91. The Morgan fingerprint density at radius 2 is 1.96 bits per heavy atom. The zero-order valence-corrected chi connectivity index (χ0v) is 16.3. The van der Waals surface area contributed by atoms with Gasteiger partial charge in [-0.1, -0.05) is 60.4 Å². The number of nitrogens with one attached hydrogen (secondary N) is 2. The van der Waals surface area contributed by atoms with E-state index in [1.807, 2.05) is 6.08 Å². The summed E-state index contributed by atoms with van der Waals surface area (Å²) in [7, 11) is 0. The Morgan fingerprint density at radius 3 is 2.74 bits per heavy atom. The summed E-state index contributed by atoms with van der Waals surface area (Å²) in [6.45, 7) is 6.54. The van der Waals surface area contributed by atoms with Crippen molar-refractivity contribution in [1.29, 1.82) is 0 Å². The minimum Gasteiger partial charge on any atom is -0.395 e. The van der Waals surface area contributed by atoms with E-state index in [0.29, 0.717) is 6.54 Å². The third-order valence-corrected chi connectivity index (χ3v) is 4.38. The molecule has 27 heavy (non-hydrogen) atoms. The average Bonchev–Trinajstić information content (AvgIpc) is 2.67. The largest absolute Gasteiger partial charge is 0.395 e. The molecule has 0 radical (unpaired) electrons. The smallest absolute Gasteiger partial charge is 0.237 e. The summed E-state index contributed by atoms with van der Waals surface area (Å²) in [5.41, 5.74) is 0.484. The highest BCUT2D eigenvalue weighted by molar-refractivity contribution is 5.86. The van der Waals surface area contributed by atoms with Crippen LogP contribution in [0.4, 0.5) is 0 Å². The van der Waals surface area contributed by atoms with Crippen LogP contribution in [-0.2, 0) is 4.79 Å². The monoisotopic (exact) mass is 364 g/mol.